The molecule has 0 fully saturated rings. The van der Waals surface area contributed by atoms with E-state index in [1.165, 1.54) is 0 Å². The number of benzene rings is 1. The van der Waals surface area contributed by atoms with Crippen molar-refractivity contribution in [1.29, 1.82) is 0 Å². The van der Waals surface area contributed by atoms with Crippen LogP contribution in [0.2, 0.25) is 0 Å². The summed E-state index contributed by atoms with van der Waals surface area (Å²) >= 11 is 0. The molecule has 0 unspecified atom stereocenters. The van der Waals surface area contributed by atoms with E-state index in [-0.39, 0.29) is 6.54 Å². The van der Waals surface area contributed by atoms with Crippen LogP contribution < -0.4 is 0 Å². The maximum Gasteiger partial charge on any atom is 0.106 e. The van der Waals surface area contributed by atoms with Crippen LogP contribution in [0.3, 0.4) is 0 Å². The van der Waals surface area contributed by atoms with Crippen LogP contribution in [0.25, 0.3) is 12.2 Å². The highest BCUT2D eigenvalue weighted by molar-refractivity contribution is 5.57. The first-order valence-electron chi connectivity index (χ1n) is 3.98. The van der Waals surface area contributed by atoms with Crippen molar-refractivity contribution in [3.05, 3.63) is 53.0 Å². The van der Waals surface area contributed by atoms with E-state index in [4.69, 9.17) is 0 Å². The minimum Gasteiger partial charge on any atom is -0.150 e. The second kappa shape index (κ2) is 4.36. The zero-order valence-electron chi connectivity index (χ0n) is 7.36. The molecule has 0 aliphatic heterocycles. The average molecular weight is 173 g/mol. The molecule has 0 aliphatic rings. The Labute approximate surface area is 77.6 Å². The smallest absolute Gasteiger partial charge is 0.106 e. The molecule has 1 rings (SSSR count). The molecule has 0 heterocycles. The molecule has 0 aliphatic carbocycles. The van der Waals surface area contributed by atoms with Crippen LogP contribution >= 0.6 is 0 Å². The Morgan fingerprint density at radius 1 is 1.15 bits per heavy atom. The lowest BCUT2D eigenvalue weighted by molar-refractivity contribution is 1.05. The third-order valence-corrected chi connectivity index (χ3v) is 1.76. The van der Waals surface area contributed by atoms with Gasteiger partial charge in [-0.15, -0.1) is 0 Å². The van der Waals surface area contributed by atoms with Crippen LogP contribution in [0.15, 0.2) is 36.5 Å². The highest BCUT2D eigenvalue weighted by Crippen LogP contribution is 2.13. The molecular weight excluding hydrogens is 162 g/mol. The summed E-state index contributed by atoms with van der Waals surface area (Å²) in [4.78, 5) is 10.1. The minimum absolute atomic E-state index is 0.197. The van der Waals surface area contributed by atoms with E-state index in [0.29, 0.717) is 0 Å². The van der Waals surface area contributed by atoms with Gasteiger partial charge in [-0.1, -0.05) is 30.5 Å². The third kappa shape index (κ3) is 2.37. The van der Waals surface area contributed by atoms with Crippen molar-refractivity contribution in [2.45, 2.75) is 6.54 Å². The standard InChI is InChI=1S/C11H11NO/c1-3-9-5-10(4-2)7-11(6-9)8-12-13/h3-7H,1-2,8H2. The van der Waals surface area contributed by atoms with Gasteiger partial charge in [0.05, 0.1) is 0 Å². The Morgan fingerprint density at radius 3 is 2.08 bits per heavy atom. The number of hydrogen-bond acceptors (Lipinski definition) is 2. The SMILES string of the molecule is C=Cc1cc(C=C)cc(CN=O)c1. The van der Waals surface area contributed by atoms with Crippen molar-refractivity contribution in [2.75, 3.05) is 0 Å². The van der Waals surface area contributed by atoms with Gasteiger partial charge in [0.2, 0.25) is 0 Å². The molecule has 0 N–H and O–H groups in total. The predicted octanol–water partition coefficient (Wildman–Crippen LogP) is 3.24. The highest BCUT2D eigenvalue weighted by atomic mass is 16.3. The van der Waals surface area contributed by atoms with Gasteiger partial charge < -0.3 is 0 Å². The van der Waals surface area contributed by atoms with E-state index >= 15 is 0 Å². The molecule has 0 aromatic heterocycles. The topological polar surface area (TPSA) is 29.4 Å². The van der Waals surface area contributed by atoms with Crippen molar-refractivity contribution >= 4 is 12.2 Å². The van der Waals surface area contributed by atoms with E-state index in [1.54, 1.807) is 12.2 Å². The molecule has 0 radical (unpaired) electrons. The van der Waals surface area contributed by atoms with E-state index in [1.807, 2.05) is 18.2 Å². The fraction of sp³-hybridized carbons (Fsp3) is 0.0909. The lowest BCUT2D eigenvalue weighted by Crippen LogP contribution is -1.84. The molecule has 1 aromatic rings. The Morgan fingerprint density at radius 2 is 1.69 bits per heavy atom. The third-order valence-electron chi connectivity index (χ3n) is 1.76. The van der Waals surface area contributed by atoms with Crippen molar-refractivity contribution in [2.24, 2.45) is 5.18 Å². The van der Waals surface area contributed by atoms with Crippen LogP contribution in [0.1, 0.15) is 16.7 Å². The monoisotopic (exact) mass is 173 g/mol. The molecule has 1 aromatic carbocycles. The number of hydrogen-bond donors (Lipinski definition) is 0. The van der Waals surface area contributed by atoms with Gasteiger partial charge in [-0.2, -0.15) is 4.91 Å². The summed E-state index contributed by atoms with van der Waals surface area (Å²) in [6.45, 7) is 7.53. The summed E-state index contributed by atoms with van der Waals surface area (Å²) in [5, 5.41) is 2.84. The van der Waals surface area contributed by atoms with Gasteiger partial charge in [0.15, 0.2) is 0 Å². The van der Waals surface area contributed by atoms with Gasteiger partial charge in [-0.3, -0.25) is 0 Å². The lowest BCUT2D eigenvalue weighted by atomic mass is 10.1. The summed E-state index contributed by atoms with van der Waals surface area (Å²) in [6.07, 6.45) is 3.47. The molecule has 0 bridgehead atoms. The molecule has 2 heteroatoms. The maximum absolute atomic E-state index is 10.1. The van der Waals surface area contributed by atoms with Crippen LogP contribution in [0.5, 0.6) is 0 Å². The molecule has 13 heavy (non-hydrogen) atoms. The van der Waals surface area contributed by atoms with Gasteiger partial charge in [0.1, 0.15) is 6.54 Å². The summed E-state index contributed by atoms with van der Waals surface area (Å²) in [7, 11) is 0. The van der Waals surface area contributed by atoms with Crippen LogP contribution in [0, 0.1) is 4.91 Å². The van der Waals surface area contributed by atoms with E-state index in [9.17, 15) is 4.91 Å². The molecule has 0 atom stereocenters. The van der Waals surface area contributed by atoms with Gasteiger partial charge >= 0.3 is 0 Å². The van der Waals surface area contributed by atoms with Crippen molar-refractivity contribution in [3.63, 3.8) is 0 Å². The minimum atomic E-state index is 0.197. The quantitative estimate of drug-likeness (QED) is 0.642. The average Bonchev–Trinajstić information content (AvgIpc) is 2.17. The van der Waals surface area contributed by atoms with E-state index in [2.05, 4.69) is 18.3 Å². The maximum atomic E-state index is 10.1. The van der Waals surface area contributed by atoms with E-state index < -0.39 is 0 Å². The largest absolute Gasteiger partial charge is 0.150 e. The summed E-state index contributed by atoms with van der Waals surface area (Å²) in [5.41, 5.74) is 2.86. The molecule has 0 saturated carbocycles. The van der Waals surface area contributed by atoms with Crippen LogP contribution in [-0.4, -0.2) is 0 Å². The second-order valence-electron chi connectivity index (χ2n) is 2.70. The second-order valence-corrected chi connectivity index (χ2v) is 2.70. The van der Waals surface area contributed by atoms with Crippen molar-refractivity contribution < 1.29 is 0 Å². The highest BCUT2D eigenvalue weighted by Gasteiger charge is 1.96. The van der Waals surface area contributed by atoms with Gasteiger partial charge in [-0.05, 0) is 34.9 Å². The lowest BCUT2D eigenvalue weighted by Gasteiger charge is -2.00. The number of nitroso groups, excluding NO2 is 1. The molecule has 0 amide bonds. The van der Waals surface area contributed by atoms with Crippen LogP contribution in [-0.2, 0) is 6.54 Å². The molecule has 2 nitrogen and oxygen atoms in total. The summed E-state index contributed by atoms with van der Waals surface area (Å²) in [6, 6.07) is 5.73. The van der Waals surface area contributed by atoms with Gasteiger partial charge in [-0.25, -0.2) is 0 Å². The Balaban J connectivity index is 3.13. The zero-order valence-corrected chi connectivity index (χ0v) is 7.36. The molecule has 0 saturated heterocycles. The van der Waals surface area contributed by atoms with E-state index in [0.717, 1.165) is 16.7 Å². The molecule has 66 valence electrons. The van der Waals surface area contributed by atoms with Gasteiger partial charge in [0, 0.05) is 0 Å². The summed E-state index contributed by atoms with van der Waals surface area (Å²) in [5.74, 6) is 0. The molecular formula is C11H11NO. The fourth-order valence-electron chi connectivity index (χ4n) is 1.15. The number of nitrogens with zero attached hydrogens (tertiary/aromatic N) is 1. The first kappa shape index (κ1) is 9.39. The first-order valence-corrected chi connectivity index (χ1v) is 3.98. The van der Waals surface area contributed by atoms with Crippen molar-refractivity contribution in [1.82, 2.24) is 0 Å². The fourth-order valence-corrected chi connectivity index (χ4v) is 1.15. The van der Waals surface area contributed by atoms with Crippen LogP contribution in [0.4, 0.5) is 0 Å². The normalized spacial score (nSPS) is 9.23. The van der Waals surface area contributed by atoms with Crippen molar-refractivity contribution in [3.8, 4) is 0 Å². The predicted molar refractivity (Wildman–Crippen MR) is 56.1 cm³/mol. The zero-order chi connectivity index (χ0) is 9.68. The van der Waals surface area contributed by atoms with Gasteiger partial charge in [0.25, 0.3) is 0 Å². The first-order chi connectivity index (χ1) is 6.30. The summed E-state index contributed by atoms with van der Waals surface area (Å²) < 4.78 is 0. The Bertz CT molecular complexity index is 316. The molecule has 0 spiro atoms. The Hall–Kier alpha value is -1.70. The Kier molecular flexibility index (Phi) is 3.15. The number of rotatable bonds is 4.